The summed E-state index contributed by atoms with van der Waals surface area (Å²) in [4.78, 5) is 90.3. The highest BCUT2D eigenvalue weighted by atomic mass is 32.2. The standard InChI is InChI=1S/C10H15NO8S.C8H9NO7.C2H7NS/c1-7(12)16-5-18-9(14)11-3-4-20-10(15)19-6-17-8(2)13;1-5(10)14-4-15-8(13)16-9-6(11)2-3-7(9)12;3-1-2-4/h3-6H2,1-2H3,(H,11,14);2-4H2,1H3;4H,1-3H2. The van der Waals surface area contributed by atoms with E-state index in [2.05, 4.69) is 51.2 Å². The Balaban J connectivity index is 0. The zero-order chi connectivity index (χ0) is 30.9. The number of alkyl carbamates (subject to hydrolysis) is 1. The third-order valence-corrected chi connectivity index (χ3v) is 4.24. The molecule has 1 fully saturated rings. The summed E-state index contributed by atoms with van der Waals surface area (Å²) >= 11 is 4.59. The van der Waals surface area contributed by atoms with E-state index < -0.39 is 67.7 Å². The number of carbonyl (C=O) groups is 8. The second-order valence-electron chi connectivity index (χ2n) is 6.44. The molecule has 0 aliphatic carbocycles. The summed E-state index contributed by atoms with van der Waals surface area (Å²) < 4.78 is 26.3. The first-order chi connectivity index (χ1) is 18.8. The van der Waals surface area contributed by atoms with Crippen molar-refractivity contribution in [3.63, 3.8) is 0 Å². The molecule has 1 aliphatic rings. The van der Waals surface area contributed by atoms with Crippen molar-refractivity contribution in [1.29, 1.82) is 0 Å². The molecule has 0 radical (unpaired) electrons. The number of rotatable bonds is 11. The van der Waals surface area contributed by atoms with E-state index in [1.807, 2.05) is 0 Å². The maximum atomic E-state index is 11.1. The van der Waals surface area contributed by atoms with Gasteiger partial charge in [0.25, 0.3) is 11.8 Å². The molecule has 0 saturated carbocycles. The SMILES string of the molecule is CC(=O)OCOC(=O)NCCSC(=O)OCOC(C)=O.CC(=O)OCOC(=O)ON1C(=O)CCC1=O.NCCS. The van der Waals surface area contributed by atoms with E-state index in [1.165, 1.54) is 13.8 Å². The van der Waals surface area contributed by atoms with Gasteiger partial charge < -0.3 is 39.5 Å². The number of hydrogen-bond donors (Lipinski definition) is 3. The number of amides is 3. The van der Waals surface area contributed by atoms with Crippen molar-refractivity contribution in [2.45, 2.75) is 33.6 Å². The van der Waals surface area contributed by atoms with Crippen LogP contribution >= 0.6 is 24.4 Å². The van der Waals surface area contributed by atoms with E-state index in [-0.39, 0.29) is 25.1 Å². The summed E-state index contributed by atoms with van der Waals surface area (Å²) in [5.41, 5.74) is 4.95. The number of nitrogens with zero attached hydrogens (tertiary/aromatic N) is 1. The van der Waals surface area contributed by atoms with Gasteiger partial charge in [-0.1, -0.05) is 5.06 Å². The van der Waals surface area contributed by atoms with Crippen molar-refractivity contribution < 1.29 is 71.6 Å². The fourth-order valence-corrected chi connectivity index (χ4v) is 2.13. The van der Waals surface area contributed by atoms with Gasteiger partial charge in [-0.2, -0.15) is 12.6 Å². The monoisotopic (exact) mass is 617 g/mol. The Morgan fingerprint density at radius 3 is 1.73 bits per heavy atom. The van der Waals surface area contributed by atoms with E-state index in [1.54, 1.807) is 0 Å². The second kappa shape index (κ2) is 24.3. The van der Waals surface area contributed by atoms with E-state index in [4.69, 9.17) is 5.73 Å². The van der Waals surface area contributed by atoms with Gasteiger partial charge in [-0.3, -0.25) is 28.8 Å². The number of thioether (sulfide) groups is 1. The smallest absolute Gasteiger partial charge is 0.428 e. The zero-order valence-electron chi connectivity index (χ0n) is 21.9. The Kier molecular flexibility index (Phi) is 23.3. The Hall–Kier alpha value is -3.78. The minimum atomic E-state index is -1.29. The normalized spacial score (nSPS) is 11.4. The number of carbonyl (C=O) groups excluding carboxylic acids is 8. The Morgan fingerprint density at radius 2 is 1.27 bits per heavy atom. The number of imide groups is 1. The molecule has 1 saturated heterocycles. The van der Waals surface area contributed by atoms with Gasteiger partial charge in [0.05, 0.1) is 0 Å². The first kappa shape index (κ1) is 38.4. The van der Waals surface area contributed by atoms with Crippen LogP contribution in [-0.2, 0) is 57.2 Å². The van der Waals surface area contributed by atoms with Crippen LogP contribution in [0.3, 0.4) is 0 Å². The molecule has 18 nitrogen and oxygen atoms in total. The fraction of sp³-hybridized carbons (Fsp3) is 0.600. The summed E-state index contributed by atoms with van der Waals surface area (Å²) in [7, 11) is 0. The number of thiol groups is 1. The van der Waals surface area contributed by atoms with Crippen LogP contribution in [0.1, 0.15) is 33.6 Å². The molecule has 1 aliphatic heterocycles. The molecule has 0 atom stereocenters. The van der Waals surface area contributed by atoms with E-state index >= 15 is 0 Å². The molecular formula is C20H31N3O15S2. The van der Waals surface area contributed by atoms with Crippen LogP contribution in [0.5, 0.6) is 0 Å². The maximum Gasteiger partial charge on any atom is 0.536 e. The lowest BCUT2D eigenvalue weighted by atomic mass is 10.4. The largest absolute Gasteiger partial charge is 0.536 e. The van der Waals surface area contributed by atoms with Crippen molar-refractivity contribution in [3.8, 4) is 0 Å². The minimum absolute atomic E-state index is 0.00391. The first-order valence-corrected chi connectivity index (χ1v) is 12.6. The van der Waals surface area contributed by atoms with Gasteiger partial charge in [0, 0.05) is 58.2 Å². The predicted octanol–water partition coefficient (Wildman–Crippen LogP) is 0.223. The van der Waals surface area contributed by atoms with Crippen molar-refractivity contribution in [2.24, 2.45) is 5.73 Å². The summed E-state index contributed by atoms with van der Waals surface area (Å²) in [6.07, 6.45) is -2.07. The molecule has 0 aromatic carbocycles. The van der Waals surface area contributed by atoms with Crippen molar-refractivity contribution in [2.75, 3.05) is 45.0 Å². The highest BCUT2D eigenvalue weighted by Gasteiger charge is 2.33. The van der Waals surface area contributed by atoms with Gasteiger partial charge in [-0.05, 0) is 11.8 Å². The van der Waals surface area contributed by atoms with Crippen LogP contribution in [0.25, 0.3) is 0 Å². The summed E-state index contributed by atoms with van der Waals surface area (Å²) in [6, 6.07) is 0. The molecule has 0 aromatic heterocycles. The number of esters is 3. The third kappa shape index (κ3) is 24.6. The van der Waals surface area contributed by atoms with Crippen LogP contribution in [0.15, 0.2) is 0 Å². The molecule has 0 bridgehead atoms. The molecule has 0 spiro atoms. The van der Waals surface area contributed by atoms with Crippen molar-refractivity contribution in [1.82, 2.24) is 10.4 Å². The average Bonchev–Trinajstić information content (AvgIpc) is 3.18. The third-order valence-electron chi connectivity index (χ3n) is 3.22. The number of hydrogen-bond acceptors (Lipinski definition) is 18. The van der Waals surface area contributed by atoms with Gasteiger partial charge in [0.2, 0.25) is 20.4 Å². The molecule has 3 amide bonds. The highest BCUT2D eigenvalue weighted by molar-refractivity contribution is 8.13. The van der Waals surface area contributed by atoms with Gasteiger partial charge in [0.1, 0.15) is 0 Å². The Bertz CT molecular complexity index is 820. The Morgan fingerprint density at radius 1 is 0.825 bits per heavy atom. The average molecular weight is 618 g/mol. The first-order valence-electron chi connectivity index (χ1n) is 11.0. The molecule has 20 heteroatoms. The van der Waals surface area contributed by atoms with Crippen LogP contribution in [-0.4, -0.2) is 97.3 Å². The maximum absolute atomic E-state index is 11.1. The fourth-order valence-electron chi connectivity index (χ4n) is 1.63. The zero-order valence-corrected chi connectivity index (χ0v) is 23.6. The van der Waals surface area contributed by atoms with Crippen LogP contribution in [0.4, 0.5) is 14.4 Å². The summed E-state index contributed by atoms with van der Waals surface area (Å²) in [5.74, 6) is -1.96. The van der Waals surface area contributed by atoms with Gasteiger partial charge in [0.15, 0.2) is 0 Å². The molecule has 228 valence electrons. The number of nitrogens with two attached hydrogens (primary N) is 1. The molecular weight excluding hydrogens is 586 g/mol. The van der Waals surface area contributed by atoms with Crippen molar-refractivity contribution >= 4 is 71.7 Å². The molecule has 1 heterocycles. The highest BCUT2D eigenvalue weighted by Crippen LogP contribution is 2.12. The van der Waals surface area contributed by atoms with Crippen LogP contribution in [0, 0.1) is 0 Å². The van der Waals surface area contributed by atoms with Gasteiger partial charge in [-0.25, -0.2) is 14.4 Å². The number of ether oxygens (including phenoxy) is 6. The molecule has 0 aromatic rings. The molecule has 3 N–H and O–H groups in total. The van der Waals surface area contributed by atoms with Crippen LogP contribution < -0.4 is 11.1 Å². The van der Waals surface area contributed by atoms with E-state index in [0.717, 1.165) is 24.4 Å². The minimum Gasteiger partial charge on any atom is -0.428 e. The van der Waals surface area contributed by atoms with Crippen molar-refractivity contribution in [3.05, 3.63) is 0 Å². The quantitative estimate of drug-likeness (QED) is 0.0701. The lowest BCUT2D eigenvalue weighted by Gasteiger charge is -2.11. The molecule has 1 rings (SSSR count). The Labute approximate surface area is 238 Å². The lowest BCUT2D eigenvalue weighted by Crippen LogP contribution is -2.32. The van der Waals surface area contributed by atoms with Crippen LogP contribution in [0.2, 0.25) is 0 Å². The van der Waals surface area contributed by atoms with Gasteiger partial charge in [-0.15, -0.1) is 0 Å². The molecule has 40 heavy (non-hydrogen) atoms. The van der Waals surface area contributed by atoms with E-state index in [9.17, 15) is 38.4 Å². The van der Waals surface area contributed by atoms with E-state index in [0.29, 0.717) is 11.6 Å². The summed E-state index contributed by atoms with van der Waals surface area (Å²) in [5, 5.41) is 2.01. The number of hydroxylamine groups is 2. The van der Waals surface area contributed by atoms with Gasteiger partial charge >= 0.3 is 35.5 Å². The number of nitrogens with one attached hydrogen (secondary N) is 1. The second-order valence-corrected chi connectivity index (χ2v) is 7.92. The topological polar surface area (TPSA) is 242 Å². The lowest BCUT2D eigenvalue weighted by molar-refractivity contribution is -0.182. The predicted molar refractivity (Wildman–Crippen MR) is 135 cm³/mol. The summed E-state index contributed by atoms with van der Waals surface area (Å²) in [6.45, 7) is 2.77. The molecule has 0 unspecified atom stereocenters.